The van der Waals surface area contributed by atoms with E-state index in [2.05, 4.69) is 5.32 Å². The summed E-state index contributed by atoms with van der Waals surface area (Å²) in [5.41, 5.74) is 6.67. The third kappa shape index (κ3) is 3.62. The molecule has 0 fully saturated rings. The molecule has 0 heterocycles. The van der Waals surface area contributed by atoms with Crippen molar-refractivity contribution in [1.82, 2.24) is 0 Å². The highest BCUT2D eigenvalue weighted by atomic mass is 19.1. The third-order valence-corrected chi connectivity index (χ3v) is 2.43. The Morgan fingerprint density at radius 2 is 2.25 bits per heavy atom. The molecule has 0 bridgehead atoms. The molecule has 1 atom stereocenters. The zero-order valence-electron chi connectivity index (χ0n) is 9.59. The van der Waals surface area contributed by atoms with Gasteiger partial charge in [0.1, 0.15) is 5.82 Å². The third-order valence-electron chi connectivity index (χ3n) is 2.43. The van der Waals surface area contributed by atoms with Crippen molar-refractivity contribution < 1.29 is 9.18 Å². The van der Waals surface area contributed by atoms with Gasteiger partial charge >= 0.3 is 0 Å². The first-order valence-electron chi connectivity index (χ1n) is 5.34. The molecule has 1 aromatic carbocycles. The van der Waals surface area contributed by atoms with Crippen molar-refractivity contribution in [3.05, 3.63) is 29.6 Å². The number of halogens is 1. The van der Waals surface area contributed by atoms with Crippen LogP contribution in [-0.2, 0) is 4.79 Å². The Hall–Kier alpha value is -1.42. The highest BCUT2D eigenvalue weighted by molar-refractivity contribution is 5.91. The van der Waals surface area contributed by atoms with Crippen LogP contribution in [0, 0.1) is 12.7 Å². The first kappa shape index (κ1) is 12.6. The van der Waals surface area contributed by atoms with Gasteiger partial charge in [0.05, 0.1) is 0 Å². The molecule has 0 radical (unpaired) electrons. The van der Waals surface area contributed by atoms with Gasteiger partial charge < -0.3 is 11.1 Å². The smallest absolute Gasteiger partial charge is 0.225 e. The Morgan fingerprint density at radius 3 is 2.81 bits per heavy atom. The number of carbonyl (C=O) groups is 1. The first-order valence-corrected chi connectivity index (χ1v) is 5.34. The lowest BCUT2D eigenvalue weighted by atomic mass is 10.1. The number of carbonyl (C=O) groups excluding carboxylic acids is 1. The van der Waals surface area contributed by atoms with Gasteiger partial charge in [-0.2, -0.15) is 0 Å². The topological polar surface area (TPSA) is 55.1 Å². The molecule has 0 aliphatic carbocycles. The van der Waals surface area contributed by atoms with Crippen LogP contribution in [0.3, 0.4) is 0 Å². The summed E-state index contributed by atoms with van der Waals surface area (Å²) >= 11 is 0. The minimum atomic E-state index is -0.322. The zero-order valence-corrected chi connectivity index (χ0v) is 9.59. The molecule has 0 saturated carbocycles. The van der Waals surface area contributed by atoms with Crippen LogP contribution in [-0.4, -0.2) is 11.9 Å². The fourth-order valence-electron chi connectivity index (χ4n) is 1.27. The van der Waals surface area contributed by atoms with E-state index in [0.717, 1.165) is 6.42 Å². The maximum absolute atomic E-state index is 13.2. The van der Waals surface area contributed by atoms with Gasteiger partial charge in [0, 0.05) is 18.2 Å². The van der Waals surface area contributed by atoms with Gasteiger partial charge in [-0.05, 0) is 31.0 Å². The van der Waals surface area contributed by atoms with E-state index < -0.39 is 0 Å². The number of nitrogens with two attached hydrogens (primary N) is 1. The van der Waals surface area contributed by atoms with Crippen LogP contribution in [0.5, 0.6) is 0 Å². The molecule has 88 valence electrons. The normalized spacial score (nSPS) is 12.2. The van der Waals surface area contributed by atoms with Gasteiger partial charge in [-0.25, -0.2) is 4.39 Å². The molecular formula is C12H17FN2O. The van der Waals surface area contributed by atoms with Crippen LogP contribution < -0.4 is 11.1 Å². The fraction of sp³-hybridized carbons (Fsp3) is 0.417. The summed E-state index contributed by atoms with van der Waals surface area (Å²) in [6.45, 7) is 3.59. The molecule has 0 saturated heterocycles. The van der Waals surface area contributed by atoms with Crippen molar-refractivity contribution >= 4 is 11.6 Å². The average Bonchev–Trinajstić information content (AvgIpc) is 2.23. The molecule has 1 amide bonds. The molecule has 1 aromatic rings. The van der Waals surface area contributed by atoms with E-state index in [1.807, 2.05) is 6.92 Å². The van der Waals surface area contributed by atoms with Crippen molar-refractivity contribution in [1.29, 1.82) is 0 Å². The molecule has 4 heteroatoms. The van der Waals surface area contributed by atoms with Crippen LogP contribution in [0.25, 0.3) is 0 Å². The van der Waals surface area contributed by atoms with Gasteiger partial charge in [-0.1, -0.05) is 13.0 Å². The van der Waals surface area contributed by atoms with Gasteiger partial charge in [0.2, 0.25) is 5.91 Å². The molecule has 0 aromatic heterocycles. The molecule has 1 rings (SSSR count). The van der Waals surface area contributed by atoms with Gasteiger partial charge in [0.15, 0.2) is 0 Å². The molecule has 16 heavy (non-hydrogen) atoms. The lowest BCUT2D eigenvalue weighted by molar-refractivity contribution is -0.116. The number of rotatable bonds is 4. The lowest BCUT2D eigenvalue weighted by Crippen LogP contribution is -2.26. The summed E-state index contributed by atoms with van der Waals surface area (Å²) in [7, 11) is 0. The van der Waals surface area contributed by atoms with Crippen molar-refractivity contribution in [2.24, 2.45) is 5.73 Å². The van der Waals surface area contributed by atoms with Crippen LogP contribution in [0.4, 0.5) is 10.1 Å². The Kier molecular flexibility index (Phi) is 4.43. The van der Waals surface area contributed by atoms with Crippen molar-refractivity contribution in [3.63, 3.8) is 0 Å². The minimum Gasteiger partial charge on any atom is -0.327 e. The second kappa shape index (κ2) is 5.61. The summed E-state index contributed by atoms with van der Waals surface area (Å²) in [5, 5.41) is 2.62. The SMILES string of the molecule is CCC(N)CC(=O)Nc1ccc(C)c(F)c1. The Balaban J connectivity index is 2.59. The van der Waals surface area contributed by atoms with E-state index in [9.17, 15) is 9.18 Å². The number of amides is 1. The van der Waals surface area contributed by atoms with Gasteiger partial charge in [0.25, 0.3) is 0 Å². The minimum absolute atomic E-state index is 0.143. The van der Waals surface area contributed by atoms with Crippen LogP contribution in [0.2, 0.25) is 0 Å². The average molecular weight is 224 g/mol. The molecular weight excluding hydrogens is 207 g/mol. The summed E-state index contributed by atoms with van der Waals surface area (Å²) in [6, 6.07) is 4.47. The standard InChI is InChI=1S/C12H17FN2O/c1-3-9(14)6-12(16)15-10-5-4-8(2)11(13)7-10/h4-5,7,9H,3,6,14H2,1-2H3,(H,15,16). The Labute approximate surface area is 94.8 Å². The monoisotopic (exact) mass is 224 g/mol. The Bertz CT molecular complexity index is 379. The predicted molar refractivity (Wildman–Crippen MR) is 62.7 cm³/mol. The number of nitrogens with one attached hydrogen (secondary N) is 1. The summed E-state index contributed by atoms with van der Waals surface area (Å²) in [4.78, 5) is 11.5. The highest BCUT2D eigenvalue weighted by Crippen LogP contribution is 2.13. The number of hydrogen-bond donors (Lipinski definition) is 2. The molecule has 0 spiro atoms. The summed E-state index contributed by atoms with van der Waals surface area (Å²) < 4.78 is 13.2. The highest BCUT2D eigenvalue weighted by Gasteiger charge is 2.08. The van der Waals surface area contributed by atoms with E-state index in [1.54, 1.807) is 19.1 Å². The largest absolute Gasteiger partial charge is 0.327 e. The van der Waals surface area contributed by atoms with Crippen LogP contribution in [0.1, 0.15) is 25.3 Å². The number of benzene rings is 1. The second-order valence-electron chi connectivity index (χ2n) is 3.88. The zero-order chi connectivity index (χ0) is 12.1. The molecule has 3 N–H and O–H groups in total. The lowest BCUT2D eigenvalue weighted by Gasteiger charge is -2.09. The maximum Gasteiger partial charge on any atom is 0.225 e. The molecule has 1 unspecified atom stereocenters. The Morgan fingerprint density at radius 1 is 1.56 bits per heavy atom. The summed E-state index contributed by atoms with van der Waals surface area (Å²) in [6.07, 6.45) is 1.00. The van der Waals surface area contributed by atoms with Crippen molar-refractivity contribution in [3.8, 4) is 0 Å². The van der Waals surface area contributed by atoms with Crippen LogP contribution >= 0.6 is 0 Å². The maximum atomic E-state index is 13.2. The van der Waals surface area contributed by atoms with E-state index in [-0.39, 0.29) is 24.2 Å². The molecule has 0 aliphatic heterocycles. The van der Waals surface area contributed by atoms with Crippen LogP contribution in [0.15, 0.2) is 18.2 Å². The predicted octanol–water partition coefficient (Wildman–Crippen LogP) is 2.20. The van der Waals surface area contributed by atoms with Crippen molar-refractivity contribution in [2.75, 3.05) is 5.32 Å². The second-order valence-corrected chi connectivity index (χ2v) is 3.88. The first-order chi connectivity index (χ1) is 7.52. The summed E-state index contributed by atoms with van der Waals surface area (Å²) in [5.74, 6) is -0.504. The van der Waals surface area contributed by atoms with Crippen molar-refractivity contribution in [2.45, 2.75) is 32.7 Å². The molecule has 0 aliphatic rings. The van der Waals surface area contributed by atoms with E-state index in [1.165, 1.54) is 6.07 Å². The quantitative estimate of drug-likeness (QED) is 0.823. The van der Waals surface area contributed by atoms with E-state index in [0.29, 0.717) is 11.3 Å². The number of hydrogen-bond acceptors (Lipinski definition) is 2. The molecule has 3 nitrogen and oxygen atoms in total. The number of aryl methyl sites for hydroxylation is 1. The number of anilines is 1. The van der Waals surface area contributed by atoms with E-state index >= 15 is 0 Å². The fourth-order valence-corrected chi connectivity index (χ4v) is 1.27. The van der Waals surface area contributed by atoms with Gasteiger partial charge in [-0.3, -0.25) is 4.79 Å². The van der Waals surface area contributed by atoms with Gasteiger partial charge in [-0.15, -0.1) is 0 Å². The van der Waals surface area contributed by atoms with E-state index in [4.69, 9.17) is 5.73 Å².